The summed E-state index contributed by atoms with van der Waals surface area (Å²) in [5, 5.41) is 9.74. The molecule has 0 spiro atoms. The predicted octanol–water partition coefficient (Wildman–Crippen LogP) is 3.07. The molecule has 3 aromatic rings. The van der Waals surface area contributed by atoms with Gasteiger partial charge in [-0.25, -0.2) is 4.98 Å². The van der Waals surface area contributed by atoms with E-state index in [1.165, 1.54) is 7.11 Å². The van der Waals surface area contributed by atoms with Crippen molar-refractivity contribution >= 4 is 17.0 Å². The van der Waals surface area contributed by atoms with Crippen LogP contribution in [0.15, 0.2) is 48.5 Å². The predicted molar refractivity (Wildman–Crippen MR) is 96.8 cm³/mol. The summed E-state index contributed by atoms with van der Waals surface area (Å²) in [6, 6.07) is 17.4. The van der Waals surface area contributed by atoms with Crippen molar-refractivity contribution in [2.45, 2.75) is 18.9 Å². The van der Waals surface area contributed by atoms with Crippen molar-refractivity contribution < 1.29 is 14.3 Å². The molecule has 132 valence electrons. The molecular formula is C20H19N3O3. The third kappa shape index (κ3) is 3.52. The Morgan fingerprint density at radius 3 is 2.58 bits per heavy atom. The fraction of sp³-hybridized carbons (Fsp3) is 0.250. The zero-order valence-electron chi connectivity index (χ0n) is 14.7. The summed E-state index contributed by atoms with van der Waals surface area (Å²) in [6.07, 6.45) is 0.491. The topological polar surface area (TPSA) is 77.1 Å². The quantitative estimate of drug-likeness (QED) is 0.639. The van der Waals surface area contributed by atoms with Crippen LogP contribution in [0.4, 0.5) is 0 Å². The smallest absolute Gasteiger partial charge is 0.325 e. The molecular weight excluding hydrogens is 330 g/mol. The van der Waals surface area contributed by atoms with Gasteiger partial charge in [0.05, 0.1) is 31.3 Å². The minimum atomic E-state index is -0.486. The maximum Gasteiger partial charge on any atom is 0.325 e. The zero-order chi connectivity index (χ0) is 18.5. The second-order valence-corrected chi connectivity index (χ2v) is 5.85. The number of methoxy groups -OCH3 is 2. The molecule has 1 heterocycles. The lowest BCUT2D eigenvalue weighted by molar-refractivity contribution is -0.141. The Hall–Kier alpha value is -3.33. The molecule has 6 heteroatoms. The van der Waals surface area contributed by atoms with Crippen LogP contribution in [0.2, 0.25) is 0 Å². The van der Waals surface area contributed by atoms with Gasteiger partial charge < -0.3 is 14.0 Å². The van der Waals surface area contributed by atoms with Gasteiger partial charge in [0, 0.05) is 0 Å². The second kappa shape index (κ2) is 7.70. The van der Waals surface area contributed by atoms with Crippen LogP contribution in [-0.2, 0) is 22.5 Å². The number of hydrogen-bond donors (Lipinski definition) is 0. The summed E-state index contributed by atoms with van der Waals surface area (Å²) < 4.78 is 11.7. The molecule has 0 aliphatic rings. The van der Waals surface area contributed by atoms with E-state index in [2.05, 4.69) is 11.1 Å². The Balaban J connectivity index is 1.98. The van der Waals surface area contributed by atoms with Gasteiger partial charge in [0.1, 0.15) is 24.0 Å². The van der Waals surface area contributed by atoms with Crippen molar-refractivity contribution in [1.82, 2.24) is 9.55 Å². The van der Waals surface area contributed by atoms with E-state index in [9.17, 15) is 10.1 Å². The highest BCUT2D eigenvalue weighted by atomic mass is 16.5. The number of imidazole rings is 1. The van der Waals surface area contributed by atoms with Crippen molar-refractivity contribution in [1.29, 1.82) is 5.26 Å². The first-order chi connectivity index (χ1) is 12.7. The molecule has 1 atom stereocenters. The van der Waals surface area contributed by atoms with Crippen LogP contribution in [0, 0.1) is 11.3 Å². The highest BCUT2D eigenvalue weighted by Crippen LogP contribution is 2.25. The van der Waals surface area contributed by atoms with E-state index < -0.39 is 5.92 Å². The monoisotopic (exact) mass is 349 g/mol. The number of ether oxygens (including phenoxy) is 2. The first kappa shape index (κ1) is 17.5. The lowest BCUT2D eigenvalue weighted by Crippen LogP contribution is -2.16. The van der Waals surface area contributed by atoms with Gasteiger partial charge in [-0.2, -0.15) is 5.26 Å². The van der Waals surface area contributed by atoms with Gasteiger partial charge in [0.2, 0.25) is 0 Å². The minimum Gasteiger partial charge on any atom is -0.497 e. The molecule has 6 nitrogen and oxygen atoms in total. The van der Waals surface area contributed by atoms with Crippen molar-refractivity contribution in [2.75, 3.05) is 14.2 Å². The van der Waals surface area contributed by atoms with Crippen LogP contribution >= 0.6 is 0 Å². The second-order valence-electron chi connectivity index (χ2n) is 5.85. The number of para-hydroxylation sites is 2. The number of nitrogens with zero attached hydrogens (tertiary/aromatic N) is 3. The Labute approximate surface area is 151 Å². The molecule has 0 aliphatic heterocycles. The molecule has 0 bridgehead atoms. The average Bonchev–Trinajstić information content (AvgIpc) is 3.04. The third-order valence-corrected chi connectivity index (χ3v) is 4.27. The van der Waals surface area contributed by atoms with Gasteiger partial charge in [-0.3, -0.25) is 4.79 Å². The number of carbonyl (C=O) groups excluding carboxylic acids is 1. The molecule has 0 saturated carbocycles. The normalized spacial score (nSPS) is 11.7. The van der Waals surface area contributed by atoms with Crippen molar-refractivity contribution in [3.8, 4) is 11.8 Å². The van der Waals surface area contributed by atoms with E-state index >= 15 is 0 Å². The maximum absolute atomic E-state index is 11.8. The summed E-state index contributed by atoms with van der Waals surface area (Å²) in [4.78, 5) is 16.5. The van der Waals surface area contributed by atoms with Crippen LogP contribution < -0.4 is 4.74 Å². The summed E-state index contributed by atoms with van der Waals surface area (Å²) in [5.74, 6) is 0.464. The van der Waals surface area contributed by atoms with E-state index in [4.69, 9.17) is 9.47 Å². The van der Waals surface area contributed by atoms with Gasteiger partial charge >= 0.3 is 5.97 Å². The van der Waals surface area contributed by atoms with E-state index in [1.54, 1.807) is 11.7 Å². The van der Waals surface area contributed by atoms with Gasteiger partial charge in [-0.05, 0) is 36.2 Å². The Bertz CT molecular complexity index is 955. The molecule has 0 fully saturated rings. The SMILES string of the molecule is COC(=O)Cn1c([C@H](C#N)Cc2ccc(OC)cc2)nc2ccccc21. The average molecular weight is 349 g/mol. The number of nitriles is 1. The van der Waals surface area contributed by atoms with E-state index in [-0.39, 0.29) is 12.5 Å². The van der Waals surface area contributed by atoms with Gasteiger partial charge in [0.15, 0.2) is 0 Å². The molecule has 26 heavy (non-hydrogen) atoms. The van der Waals surface area contributed by atoms with Crippen LogP contribution in [0.1, 0.15) is 17.3 Å². The lowest BCUT2D eigenvalue weighted by atomic mass is 9.99. The minimum absolute atomic E-state index is 0.0210. The highest BCUT2D eigenvalue weighted by Gasteiger charge is 2.22. The Kier molecular flexibility index (Phi) is 5.18. The van der Waals surface area contributed by atoms with Crippen LogP contribution in [-0.4, -0.2) is 29.7 Å². The van der Waals surface area contributed by atoms with Gasteiger partial charge in [-0.1, -0.05) is 24.3 Å². The standard InChI is InChI=1S/C20H19N3O3/c1-25-16-9-7-14(8-10-16)11-15(12-21)20-22-17-5-3-4-6-18(17)23(20)13-19(24)26-2/h3-10,15H,11,13H2,1-2H3/t15-/m0/s1. The van der Waals surface area contributed by atoms with Gasteiger partial charge in [-0.15, -0.1) is 0 Å². The van der Waals surface area contributed by atoms with Crippen LogP contribution in [0.25, 0.3) is 11.0 Å². The van der Waals surface area contributed by atoms with Crippen molar-refractivity contribution in [3.63, 3.8) is 0 Å². The molecule has 3 rings (SSSR count). The molecule has 2 aromatic carbocycles. The number of benzene rings is 2. The summed E-state index contributed by atoms with van der Waals surface area (Å²) in [5.41, 5.74) is 2.55. The van der Waals surface area contributed by atoms with Gasteiger partial charge in [0.25, 0.3) is 0 Å². The zero-order valence-corrected chi connectivity index (χ0v) is 14.7. The fourth-order valence-electron chi connectivity index (χ4n) is 2.91. The number of fused-ring (bicyclic) bond motifs is 1. The molecule has 0 amide bonds. The molecule has 1 aromatic heterocycles. The summed E-state index contributed by atoms with van der Waals surface area (Å²) >= 11 is 0. The van der Waals surface area contributed by atoms with E-state index in [0.717, 1.165) is 22.3 Å². The molecule has 0 N–H and O–H groups in total. The molecule has 0 radical (unpaired) electrons. The number of esters is 1. The Morgan fingerprint density at radius 2 is 1.92 bits per heavy atom. The lowest BCUT2D eigenvalue weighted by Gasteiger charge is -2.12. The molecule has 0 saturated heterocycles. The largest absolute Gasteiger partial charge is 0.497 e. The third-order valence-electron chi connectivity index (χ3n) is 4.27. The molecule has 0 unspecified atom stereocenters. The van der Waals surface area contributed by atoms with Crippen molar-refractivity contribution in [3.05, 3.63) is 59.9 Å². The summed E-state index contributed by atoms with van der Waals surface area (Å²) in [7, 11) is 2.96. The van der Waals surface area contributed by atoms with Crippen molar-refractivity contribution in [2.24, 2.45) is 0 Å². The number of aromatic nitrogens is 2. The highest BCUT2D eigenvalue weighted by molar-refractivity contribution is 5.79. The first-order valence-electron chi connectivity index (χ1n) is 8.20. The van der Waals surface area contributed by atoms with Crippen LogP contribution in [0.3, 0.4) is 0 Å². The van der Waals surface area contributed by atoms with Crippen LogP contribution in [0.5, 0.6) is 5.75 Å². The number of rotatable bonds is 6. The number of carbonyl (C=O) groups is 1. The molecule has 0 aliphatic carbocycles. The fourth-order valence-corrected chi connectivity index (χ4v) is 2.91. The maximum atomic E-state index is 11.8. The first-order valence-corrected chi connectivity index (χ1v) is 8.20. The van der Waals surface area contributed by atoms with E-state index in [0.29, 0.717) is 12.2 Å². The number of hydrogen-bond acceptors (Lipinski definition) is 5. The van der Waals surface area contributed by atoms with E-state index in [1.807, 2.05) is 48.5 Å². The summed E-state index contributed by atoms with van der Waals surface area (Å²) in [6.45, 7) is 0.0210. The Morgan fingerprint density at radius 1 is 1.19 bits per heavy atom.